The first kappa shape index (κ1) is 44.5. The van der Waals surface area contributed by atoms with E-state index in [1.165, 1.54) is 38.9 Å². The summed E-state index contributed by atoms with van der Waals surface area (Å²) in [5.41, 5.74) is 18.0. The molecule has 0 saturated heterocycles. The summed E-state index contributed by atoms with van der Waals surface area (Å²) >= 11 is 0. The van der Waals surface area contributed by atoms with Crippen molar-refractivity contribution in [3.05, 3.63) is 254 Å². The average Bonchev–Trinajstić information content (AvgIpc) is 3.76. The van der Waals surface area contributed by atoms with Gasteiger partial charge in [0, 0.05) is 44.5 Å². The fourth-order valence-corrected chi connectivity index (χ4v) is 10.5. The third-order valence-electron chi connectivity index (χ3n) is 14.4. The molecular weight excluding hydrogens is 873 g/mol. The van der Waals surface area contributed by atoms with Crippen molar-refractivity contribution < 1.29 is 4.42 Å². The highest BCUT2D eigenvalue weighted by atomic mass is 16.3. The second-order valence-electron chi connectivity index (χ2n) is 20.4. The number of hydrogen-bond acceptors (Lipinski definition) is 3. The molecule has 0 aliphatic carbocycles. The Morgan fingerprint density at radius 1 is 0.347 bits per heavy atom. The van der Waals surface area contributed by atoms with Crippen LogP contribution in [0.4, 0.5) is 34.1 Å². The first-order chi connectivity index (χ1) is 35.1. The molecule has 348 valence electrons. The van der Waals surface area contributed by atoms with Gasteiger partial charge in [-0.05, 0) is 140 Å². The summed E-state index contributed by atoms with van der Waals surface area (Å²) in [5.74, 6) is 0.457. The van der Waals surface area contributed by atoms with Gasteiger partial charge in [0.15, 0.2) is 0 Å². The van der Waals surface area contributed by atoms with Crippen molar-refractivity contribution in [2.45, 2.75) is 46.0 Å². The maximum absolute atomic E-state index is 6.88. The van der Waals surface area contributed by atoms with Crippen molar-refractivity contribution in [3.63, 3.8) is 0 Å². The van der Waals surface area contributed by atoms with E-state index in [-0.39, 0.29) is 5.41 Å². The summed E-state index contributed by atoms with van der Waals surface area (Å²) in [7, 11) is 0. The molecule has 3 heteroatoms. The highest BCUT2D eigenvalue weighted by molar-refractivity contribution is 6.14. The van der Waals surface area contributed by atoms with Crippen molar-refractivity contribution in [1.82, 2.24) is 0 Å². The Labute approximate surface area is 422 Å². The van der Waals surface area contributed by atoms with Crippen molar-refractivity contribution in [1.29, 1.82) is 0 Å². The maximum atomic E-state index is 6.88. The number of anilines is 6. The number of furan rings is 1. The zero-order chi connectivity index (χ0) is 48.9. The van der Waals surface area contributed by atoms with Crippen LogP contribution in [0.2, 0.25) is 0 Å². The molecule has 0 aliphatic rings. The SMILES string of the molecule is CC(C)c1ccc(-c2ccccc2N(c2ccc3cc4c(cc3c2)oc2cc3cc(N(c5ccc(C(C)(C)C)cc5)c5ccccc5-c5ccccc5)ccc3cc24)c2ccccc2-c2ccccc2)cc1. The zero-order valence-corrected chi connectivity index (χ0v) is 41.5. The summed E-state index contributed by atoms with van der Waals surface area (Å²) in [6, 6.07) is 88.5. The second kappa shape index (κ2) is 18.3. The fourth-order valence-electron chi connectivity index (χ4n) is 10.5. The standard InChI is InChI=1S/C69H56N2O/c1-46(2)47-28-30-50(31-29-47)61-24-14-17-27-66(61)71(65-26-16-13-23-60(65)49-20-10-7-11-21-49)58-37-33-52-43-63-62-42-51-32-36-57(40-53(51)44-67(62)72-68(63)45-54(52)41-58)70(56-38-34-55(35-39-56)69(3,4)5)64-25-15-12-22-59(64)48-18-8-6-9-19-48/h6-46H,1-5H3. The quantitative estimate of drug-likeness (QED) is 0.136. The van der Waals surface area contributed by atoms with Crippen LogP contribution in [0.5, 0.6) is 0 Å². The molecule has 12 aromatic rings. The molecule has 3 nitrogen and oxygen atoms in total. The number of para-hydroxylation sites is 3. The Balaban J connectivity index is 0.983. The van der Waals surface area contributed by atoms with Crippen LogP contribution in [0.1, 0.15) is 51.7 Å². The largest absolute Gasteiger partial charge is 0.456 e. The molecule has 72 heavy (non-hydrogen) atoms. The van der Waals surface area contributed by atoms with Crippen LogP contribution < -0.4 is 9.80 Å². The maximum Gasteiger partial charge on any atom is 0.136 e. The normalized spacial score (nSPS) is 11.8. The van der Waals surface area contributed by atoms with E-state index in [1.54, 1.807) is 0 Å². The summed E-state index contributed by atoms with van der Waals surface area (Å²) in [6.45, 7) is 11.3. The molecule has 0 N–H and O–H groups in total. The van der Waals surface area contributed by atoms with Crippen molar-refractivity contribution in [2.75, 3.05) is 9.80 Å². The topological polar surface area (TPSA) is 19.6 Å². The van der Waals surface area contributed by atoms with Crippen molar-refractivity contribution in [2.24, 2.45) is 0 Å². The Hall–Kier alpha value is -8.66. The second-order valence-corrected chi connectivity index (χ2v) is 20.4. The molecule has 0 amide bonds. The minimum absolute atomic E-state index is 0.0441. The van der Waals surface area contributed by atoms with E-state index >= 15 is 0 Å². The van der Waals surface area contributed by atoms with E-state index in [4.69, 9.17) is 4.42 Å². The van der Waals surface area contributed by atoms with Crippen LogP contribution in [-0.4, -0.2) is 0 Å². The van der Waals surface area contributed by atoms with Gasteiger partial charge in [0.1, 0.15) is 11.2 Å². The predicted octanol–water partition coefficient (Wildman–Crippen LogP) is 20.3. The molecule has 12 rings (SSSR count). The molecule has 1 heterocycles. The van der Waals surface area contributed by atoms with E-state index in [0.717, 1.165) is 83.2 Å². The number of rotatable bonds is 10. The lowest BCUT2D eigenvalue weighted by Crippen LogP contribution is -2.13. The summed E-state index contributed by atoms with van der Waals surface area (Å²) in [5, 5.41) is 6.75. The summed E-state index contributed by atoms with van der Waals surface area (Å²) in [4.78, 5) is 4.82. The van der Waals surface area contributed by atoms with E-state index < -0.39 is 0 Å². The third-order valence-corrected chi connectivity index (χ3v) is 14.4. The minimum atomic E-state index is 0.0441. The lowest BCUT2D eigenvalue weighted by atomic mass is 9.87. The van der Waals surface area contributed by atoms with Gasteiger partial charge in [-0.1, -0.05) is 198 Å². The number of fused-ring (bicyclic) bond motifs is 5. The van der Waals surface area contributed by atoms with Crippen molar-refractivity contribution >= 4 is 77.6 Å². The van der Waals surface area contributed by atoms with Gasteiger partial charge >= 0.3 is 0 Å². The fraction of sp³-hybridized carbons (Fsp3) is 0.101. The minimum Gasteiger partial charge on any atom is -0.456 e. The van der Waals surface area contributed by atoms with Crippen LogP contribution in [-0.2, 0) is 5.41 Å². The van der Waals surface area contributed by atoms with Gasteiger partial charge in [-0.25, -0.2) is 0 Å². The van der Waals surface area contributed by atoms with E-state index in [1.807, 2.05) is 0 Å². The first-order valence-corrected chi connectivity index (χ1v) is 25.2. The van der Waals surface area contributed by atoms with Crippen LogP contribution >= 0.6 is 0 Å². The van der Waals surface area contributed by atoms with Gasteiger partial charge in [0.2, 0.25) is 0 Å². The molecular formula is C69H56N2O. The van der Waals surface area contributed by atoms with Gasteiger partial charge < -0.3 is 14.2 Å². The molecule has 0 saturated carbocycles. The number of benzene rings is 11. The lowest BCUT2D eigenvalue weighted by molar-refractivity contribution is 0.590. The van der Waals surface area contributed by atoms with Gasteiger partial charge in [-0.15, -0.1) is 0 Å². The lowest BCUT2D eigenvalue weighted by Gasteiger charge is -2.30. The van der Waals surface area contributed by atoms with Gasteiger partial charge in [0.25, 0.3) is 0 Å². The van der Waals surface area contributed by atoms with Crippen LogP contribution in [0.25, 0.3) is 76.9 Å². The third kappa shape index (κ3) is 8.27. The Morgan fingerprint density at radius 3 is 1.21 bits per heavy atom. The monoisotopic (exact) mass is 928 g/mol. The zero-order valence-electron chi connectivity index (χ0n) is 41.5. The smallest absolute Gasteiger partial charge is 0.136 e. The number of hydrogen-bond donors (Lipinski definition) is 0. The first-order valence-electron chi connectivity index (χ1n) is 25.2. The van der Waals surface area contributed by atoms with E-state index in [2.05, 4.69) is 287 Å². The van der Waals surface area contributed by atoms with Gasteiger partial charge in [-0.3, -0.25) is 0 Å². The van der Waals surface area contributed by atoms with E-state index in [0.29, 0.717) is 5.92 Å². The van der Waals surface area contributed by atoms with Gasteiger partial charge in [-0.2, -0.15) is 0 Å². The highest BCUT2D eigenvalue weighted by Gasteiger charge is 2.23. The average molecular weight is 929 g/mol. The molecule has 11 aromatic carbocycles. The van der Waals surface area contributed by atoms with Gasteiger partial charge in [0.05, 0.1) is 17.1 Å². The molecule has 0 spiro atoms. The summed E-state index contributed by atoms with van der Waals surface area (Å²) < 4.78 is 6.88. The molecule has 0 aliphatic heterocycles. The van der Waals surface area contributed by atoms with Crippen LogP contribution in [0.15, 0.2) is 247 Å². The molecule has 0 bridgehead atoms. The molecule has 0 unspecified atom stereocenters. The molecule has 0 atom stereocenters. The molecule has 0 fully saturated rings. The Kier molecular flexibility index (Phi) is 11.3. The predicted molar refractivity (Wildman–Crippen MR) is 307 cm³/mol. The Bertz CT molecular complexity index is 3920. The van der Waals surface area contributed by atoms with Crippen LogP contribution in [0, 0.1) is 0 Å². The Morgan fingerprint density at radius 2 is 0.750 bits per heavy atom. The highest BCUT2D eigenvalue weighted by Crippen LogP contribution is 2.47. The summed E-state index contributed by atoms with van der Waals surface area (Å²) in [6.07, 6.45) is 0. The van der Waals surface area contributed by atoms with Crippen molar-refractivity contribution in [3.8, 4) is 33.4 Å². The van der Waals surface area contributed by atoms with E-state index in [9.17, 15) is 0 Å². The number of nitrogens with zero attached hydrogens (tertiary/aromatic N) is 2. The molecule has 1 aromatic heterocycles. The van der Waals surface area contributed by atoms with Crippen LogP contribution in [0.3, 0.4) is 0 Å². The molecule has 0 radical (unpaired) electrons.